The molecule has 0 saturated heterocycles. The lowest BCUT2D eigenvalue weighted by Crippen LogP contribution is -2.38. The summed E-state index contributed by atoms with van der Waals surface area (Å²) in [5.74, 6) is 0. The van der Waals surface area contributed by atoms with Gasteiger partial charge in [-0.3, -0.25) is 0 Å². The first kappa shape index (κ1) is 13.3. The number of ether oxygens (including phenoxy) is 1. The zero-order chi connectivity index (χ0) is 13.3. The maximum absolute atomic E-state index is 12.0. The highest BCUT2D eigenvalue weighted by Gasteiger charge is 2.25. The zero-order valence-electron chi connectivity index (χ0n) is 11.4. The lowest BCUT2D eigenvalue weighted by atomic mass is 10.2. The molecule has 0 spiro atoms. The zero-order valence-corrected chi connectivity index (χ0v) is 12.3. The van der Waals surface area contributed by atoms with Crippen LogP contribution in [0.25, 0.3) is 0 Å². The minimum Gasteiger partial charge on any atom is -0.444 e. The predicted octanol–water partition coefficient (Wildman–Crippen LogP) is 2.79. The molecule has 0 aliphatic carbocycles. The minimum atomic E-state index is -0.428. The van der Waals surface area contributed by atoms with E-state index in [-0.39, 0.29) is 6.09 Å². The largest absolute Gasteiger partial charge is 0.444 e. The van der Waals surface area contributed by atoms with E-state index in [9.17, 15) is 4.79 Å². The molecule has 0 bridgehead atoms. The average Bonchev–Trinajstić information content (AvgIpc) is 2.45. The third kappa shape index (κ3) is 3.22. The highest BCUT2D eigenvalue weighted by atomic mass is 32.1. The number of fused-ring (bicyclic) bond motifs is 1. The molecule has 100 valence electrons. The van der Waals surface area contributed by atoms with Gasteiger partial charge in [0.15, 0.2) is 0 Å². The predicted molar refractivity (Wildman–Crippen MR) is 72.1 cm³/mol. The highest BCUT2D eigenvalue weighted by Crippen LogP contribution is 2.23. The summed E-state index contributed by atoms with van der Waals surface area (Å²) < 4.78 is 5.40. The van der Waals surface area contributed by atoms with Crippen molar-refractivity contribution in [3.63, 3.8) is 0 Å². The molecule has 1 aliphatic rings. The van der Waals surface area contributed by atoms with Gasteiger partial charge in [0, 0.05) is 30.8 Å². The Morgan fingerprint density at radius 1 is 1.33 bits per heavy atom. The van der Waals surface area contributed by atoms with E-state index < -0.39 is 5.60 Å². The number of carbonyl (C=O) groups is 1. The lowest BCUT2D eigenvalue weighted by molar-refractivity contribution is 0.0258. The van der Waals surface area contributed by atoms with Crippen LogP contribution in [-0.2, 0) is 17.6 Å². The molecule has 0 radical (unpaired) electrons. The number of hydrogen-bond acceptors (Lipinski definition) is 4. The quantitative estimate of drug-likeness (QED) is 0.726. The molecule has 1 aromatic rings. The Hall–Kier alpha value is -1.10. The Balaban J connectivity index is 2.00. The molecular weight excluding hydrogens is 248 g/mol. The molecule has 1 aromatic heterocycles. The van der Waals surface area contributed by atoms with Gasteiger partial charge in [-0.2, -0.15) is 0 Å². The van der Waals surface area contributed by atoms with Crippen LogP contribution in [0.3, 0.4) is 0 Å². The molecule has 0 saturated carbocycles. The third-order valence-electron chi connectivity index (χ3n) is 2.76. The van der Waals surface area contributed by atoms with Crippen LogP contribution in [0.2, 0.25) is 0 Å². The van der Waals surface area contributed by atoms with E-state index in [0.717, 1.165) is 30.1 Å². The van der Waals surface area contributed by atoms with Gasteiger partial charge in [0.25, 0.3) is 0 Å². The van der Waals surface area contributed by atoms with Gasteiger partial charge in [-0.1, -0.05) is 0 Å². The van der Waals surface area contributed by atoms with Crippen LogP contribution in [-0.4, -0.2) is 34.7 Å². The number of amides is 1. The molecule has 0 aromatic carbocycles. The second-order valence-electron chi connectivity index (χ2n) is 5.57. The fourth-order valence-electron chi connectivity index (χ4n) is 2.00. The number of hydrogen-bond donors (Lipinski definition) is 0. The van der Waals surface area contributed by atoms with Crippen molar-refractivity contribution in [3.8, 4) is 0 Å². The first-order valence-corrected chi connectivity index (χ1v) is 7.10. The summed E-state index contributed by atoms with van der Waals surface area (Å²) in [6.07, 6.45) is 1.51. The van der Waals surface area contributed by atoms with Gasteiger partial charge in [-0.25, -0.2) is 9.78 Å². The Kier molecular flexibility index (Phi) is 3.61. The molecule has 18 heavy (non-hydrogen) atoms. The molecule has 2 rings (SSSR count). The number of thiazole rings is 1. The molecule has 0 N–H and O–H groups in total. The summed E-state index contributed by atoms with van der Waals surface area (Å²) in [5, 5.41) is 1.12. The summed E-state index contributed by atoms with van der Waals surface area (Å²) in [6, 6.07) is 0. The van der Waals surface area contributed by atoms with Crippen LogP contribution in [0.4, 0.5) is 4.79 Å². The number of aromatic nitrogens is 1. The van der Waals surface area contributed by atoms with Gasteiger partial charge in [0.2, 0.25) is 0 Å². The molecule has 0 atom stereocenters. The molecule has 5 heteroatoms. The van der Waals surface area contributed by atoms with Crippen LogP contribution < -0.4 is 0 Å². The number of nitrogens with zero attached hydrogens (tertiary/aromatic N) is 2. The second-order valence-corrected chi connectivity index (χ2v) is 6.86. The molecule has 2 heterocycles. The Morgan fingerprint density at radius 2 is 2.00 bits per heavy atom. The smallest absolute Gasteiger partial charge is 0.410 e. The normalized spacial score (nSPS) is 16.1. The van der Waals surface area contributed by atoms with Crippen molar-refractivity contribution >= 4 is 17.4 Å². The van der Waals surface area contributed by atoms with Crippen molar-refractivity contribution in [2.24, 2.45) is 0 Å². The molecule has 4 nitrogen and oxygen atoms in total. The molecule has 1 aliphatic heterocycles. The fraction of sp³-hybridized carbons (Fsp3) is 0.692. The van der Waals surface area contributed by atoms with Crippen molar-refractivity contribution in [2.45, 2.75) is 46.1 Å². The summed E-state index contributed by atoms with van der Waals surface area (Å²) in [6.45, 7) is 9.14. The second kappa shape index (κ2) is 4.88. The third-order valence-corrected chi connectivity index (χ3v) is 3.84. The van der Waals surface area contributed by atoms with Crippen molar-refractivity contribution in [3.05, 3.63) is 15.6 Å². The van der Waals surface area contributed by atoms with Crippen molar-refractivity contribution in [2.75, 3.05) is 13.1 Å². The van der Waals surface area contributed by atoms with Crippen LogP contribution in [0.15, 0.2) is 0 Å². The first-order valence-electron chi connectivity index (χ1n) is 6.28. The van der Waals surface area contributed by atoms with Gasteiger partial charge >= 0.3 is 6.09 Å². The molecular formula is C13H20N2O2S. The summed E-state index contributed by atoms with van der Waals surface area (Å²) >= 11 is 1.74. The molecule has 0 unspecified atom stereocenters. The molecule has 1 amide bonds. The topological polar surface area (TPSA) is 42.4 Å². The van der Waals surface area contributed by atoms with Gasteiger partial charge in [0.1, 0.15) is 5.60 Å². The maximum Gasteiger partial charge on any atom is 0.410 e. The van der Waals surface area contributed by atoms with Crippen LogP contribution >= 0.6 is 11.3 Å². The summed E-state index contributed by atoms with van der Waals surface area (Å²) in [7, 11) is 0. The van der Waals surface area contributed by atoms with Crippen molar-refractivity contribution < 1.29 is 9.53 Å². The SMILES string of the molecule is Cc1nc2c(s1)CCN(C(=O)OC(C)(C)C)CC2. The monoisotopic (exact) mass is 268 g/mol. The van der Waals surface area contributed by atoms with Gasteiger partial charge in [-0.05, 0) is 27.7 Å². The van der Waals surface area contributed by atoms with Crippen molar-refractivity contribution in [1.29, 1.82) is 0 Å². The van der Waals surface area contributed by atoms with Gasteiger partial charge < -0.3 is 9.64 Å². The van der Waals surface area contributed by atoms with E-state index in [1.165, 1.54) is 4.88 Å². The Labute approximate surface area is 112 Å². The van der Waals surface area contributed by atoms with E-state index in [4.69, 9.17) is 4.74 Å². The van der Waals surface area contributed by atoms with Crippen molar-refractivity contribution in [1.82, 2.24) is 9.88 Å². The lowest BCUT2D eigenvalue weighted by Gasteiger charge is -2.26. The van der Waals surface area contributed by atoms with Crippen LogP contribution in [0.5, 0.6) is 0 Å². The Bertz CT molecular complexity index is 423. The van der Waals surface area contributed by atoms with Crippen LogP contribution in [0, 0.1) is 6.92 Å². The molecule has 0 fully saturated rings. The van der Waals surface area contributed by atoms with E-state index in [1.54, 1.807) is 16.2 Å². The van der Waals surface area contributed by atoms with Gasteiger partial charge in [0.05, 0.1) is 10.7 Å². The van der Waals surface area contributed by atoms with E-state index in [2.05, 4.69) is 4.98 Å². The number of carbonyl (C=O) groups excluding carboxylic acids is 1. The van der Waals surface area contributed by atoms with E-state index in [1.807, 2.05) is 27.7 Å². The number of rotatable bonds is 0. The minimum absolute atomic E-state index is 0.214. The standard InChI is InChI=1S/C13H20N2O2S/c1-9-14-10-5-7-15(8-6-11(10)18-9)12(16)17-13(2,3)4/h5-8H2,1-4H3. The maximum atomic E-state index is 12.0. The van der Waals surface area contributed by atoms with Gasteiger partial charge in [-0.15, -0.1) is 11.3 Å². The number of aryl methyl sites for hydroxylation is 1. The fourth-order valence-corrected chi connectivity index (χ4v) is 2.97. The highest BCUT2D eigenvalue weighted by molar-refractivity contribution is 7.11. The van der Waals surface area contributed by atoms with E-state index >= 15 is 0 Å². The summed E-state index contributed by atoms with van der Waals surface area (Å²) in [4.78, 5) is 19.6. The average molecular weight is 268 g/mol. The van der Waals surface area contributed by atoms with Crippen LogP contribution in [0.1, 0.15) is 36.3 Å². The van der Waals surface area contributed by atoms with E-state index in [0.29, 0.717) is 6.54 Å². The summed E-state index contributed by atoms with van der Waals surface area (Å²) in [5.41, 5.74) is 0.729. The Morgan fingerprint density at radius 3 is 2.67 bits per heavy atom. The first-order chi connectivity index (χ1) is 8.35.